The van der Waals surface area contributed by atoms with Crippen molar-refractivity contribution in [3.8, 4) is 5.75 Å². The molecule has 16 heavy (non-hydrogen) atoms. The van der Waals surface area contributed by atoms with E-state index in [9.17, 15) is 9.67 Å². The van der Waals surface area contributed by atoms with E-state index in [4.69, 9.17) is 9.79 Å². The Balaban J connectivity index is 2.35. The van der Waals surface area contributed by atoms with Gasteiger partial charge in [0.1, 0.15) is 5.75 Å². The molecule has 1 aromatic rings. The highest BCUT2D eigenvalue weighted by Gasteiger charge is 2.04. The highest BCUT2D eigenvalue weighted by Crippen LogP contribution is 2.36. The average Bonchev–Trinajstić information content (AvgIpc) is 2.18. The molecule has 6 heteroatoms. The maximum absolute atomic E-state index is 10.5. The molecular weight excluding hydrogens is 247 g/mol. The number of phenolic OH excluding ortho intramolecular Hbond substituents is 1. The lowest BCUT2D eigenvalue weighted by Gasteiger charge is -2.01. The molecule has 0 saturated heterocycles. The Kier molecular flexibility index (Phi) is 5.09. The predicted octanol–water partition coefficient (Wildman–Crippen LogP) is 2.57. The summed E-state index contributed by atoms with van der Waals surface area (Å²) in [5.41, 5.74) is 0. The second-order valence-corrected chi connectivity index (χ2v) is 5.69. The molecule has 0 fully saturated rings. The van der Waals surface area contributed by atoms with Crippen molar-refractivity contribution in [1.29, 1.82) is 0 Å². The van der Waals surface area contributed by atoms with Crippen molar-refractivity contribution in [1.82, 2.24) is 0 Å². The van der Waals surface area contributed by atoms with E-state index in [1.54, 1.807) is 18.2 Å². The zero-order chi connectivity index (χ0) is 12.0. The zero-order valence-electron chi connectivity index (χ0n) is 8.48. The van der Waals surface area contributed by atoms with Gasteiger partial charge in [0.05, 0.1) is 0 Å². The lowest BCUT2D eigenvalue weighted by Crippen LogP contribution is -1.78. The van der Waals surface area contributed by atoms with Gasteiger partial charge in [-0.2, -0.15) is 0 Å². The fourth-order valence-electron chi connectivity index (χ4n) is 1.03. The SMILES string of the molecule is O=P(O)(O)/C=C/CCSc1ccccc1O. The molecule has 0 heterocycles. The number of phenols is 1. The Hall–Kier alpha value is -0.740. The van der Waals surface area contributed by atoms with Gasteiger partial charge in [-0.15, -0.1) is 11.8 Å². The number of thioether (sulfide) groups is 1. The van der Waals surface area contributed by atoms with Crippen LogP contribution in [0.4, 0.5) is 0 Å². The lowest BCUT2D eigenvalue weighted by molar-refractivity contribution is 0.386. The molecule has 0 aliphatic rings. The van der Waals surface area contributed by atoms with Gasteiger partial charge in [-0.3, -0.25) is 4.57 Å². The predicted molar refractivity (Wildman–Crippen MR) is 64.6 cm³/mol. The van der Waals surface area contributed by atoms with Crippen LogP contribution in [-0.4, -0.2) is 20.6 Å². The molecule has 0 unspecified atom stereocenters. The smallest absolute Gasteiger partial charge is 0.348 e. The first kappa shape index (κ1) is 13.3. The van der Waals surface area contributed by atoms with Crippen molar-refractivity contribution in [2.75, 3.05) is 5.75 Å². The topological polar surface area (TPSA) is 77.8 Å². The first-order valence-corrected chi connectivity index (χ1v) is 7.29. The van der Waals surface area contributed by atoms with Crippen molar-refractivity contribution in [2.24, 2.45) is 0 Å². The molecule has 88 valence electrons. The summed E-state index contributed by atoms with van der Waals surface area (Å²) in [7, 11) is -4.03. The summed E-state index contributed by atoms with van der Waals surface area (Å²) in [5, 5.41) is 9.43. The highest BCUT2D eigenvalue weighted by molar-refractivity contribution is 7.99. The van der Waals surface area contributed by atoms with Crippen LogP contribution < -0.4 is 0 Å². The van der Waals surface area contributed by atoms with E-state index in [0.29, 0.717) is 12.2 Å². The van der Waals surface area contributed by atoms with Gasteiger partial charge >= 0.3 is 7.60 Å². The van der Waals surface area contributed by atoms with E-state index in [-0.39, 0.29) is 5.75 Å². The molecule has 4 nitrogen and oxygen atoms in total. The van der Waals surface area contributed by atoms with Gasteiger partial charge in [0.25, 0.3) is 0 Å². The summed E-state index contributed by atoms with van der Waals surface area (Å²) in [5.74, 6) is 1.79. The van der Waals surface area contributed by atoms with Gasteiger partial charge in [0, 0.05) is 16.5 Å². The summed E-state index contributed by atoms with van der Waals surface area (Å²) < 4.78 is 10.5. The summed E-state index contributed by atoms with van der Waals surface area (Å²) in [4.78, 5) is 17.9. The third-order valence-electron chi connectivity index (χ3n) is 1.71. The van der Waals surface area contributed by atoms with E-state index in [1.807, 2.05) is 6.07 Å². The van der Waals surface area contributed by atoms with Gasteiger partial charge in [0.2, 0.25) is 0 Å². The van der Waals surface area contributed by atoms with Gasteiger partial charge in [-0.1, -0.05) is 18.2 Å². The lowest BCUT2D eigenvalue weighted by atomic mass is 10.3. The summed E-state index contributed by atoms with van der Waals surface area (Å²) in [6.45, 7) is 0. The molecule has 0 spiro atoms. The number of allylic oxidation sites excluding steroid dienone is 1. The van der Waals surface area contributed by atoms with E-state index in [0.717, 1.165) is 10.7 Å². The van der Waals surface area contributed by atoms with Crippen molar-refractivity contribution in [3.05, 3.63) is 36.2 Å². The third-order valence-corrected chi connectivity index (χ3v) is 3.40. The minimum Gasteiger partial charge on any atom is -0.507 e. The summed E-state index contributed by atoms with van der Waals surface area (Å²) in [6, 6.07) is 6.97. The first-order chi connectivity index (χ1) is 7.49. The van der Waals surface area contributed by atoms with Crippen LogP contribution in [0.3, 0.4) is 0 Å². The van der Waals surface area contributed by atoms with Gasteiger partial charge in [-0.05, 0) is 18.6 Å². The number of hydrogen-bond acceptors (Lipinski definition) is 3. The number of benzene rings is 1. The van der Waals surface area contributed by atoms with E-state index in [2.05, 4.69) is 0 Å². The van der Waals surface area contributed by atoms with Crippen molar-refractivity contribution in [2.45, 2.75) is 11.3 Å². The molecule has 0 aliphatic carbocycles. The molecule has 0 amide bonds. The summed E-state index contributed by atoms with van der Waals surface area (Å²) >= 11 is 1.44. The molecule has 0 aromatic heterocycles. The van der Waals surface area contributed by atoms with Gasteiger partial charge < -0.3 is 14.9 Å². The van der Waals surface area contributed by atoms with Crippen LogP contribution in [0.15, 0.2) is 41.1 Å². The maximum Gasteiger partial charge on any atom is 0.348 e. The Labute approximate surface area is 98.2 Å². The normalized spacial score (nSPS) is 12.1. The van der Waals surface area contributed by atoms with Crippen LogP contribution in [-0.2, 0) is 4.57 Å². The average molecular weight is 260 g/mol. The highest BCUT2D eigenvalue weighted by atomic mass is 32.2. The standard InChI is InChI=1S/C10H13O4PS/c11-9-5-1-2-6-10(9)16-8-4-3-7-15(12,13)14/h1-3,5-7,11H,4,8H2,(H2,12,13,14)/b7-3+. The molecular formula is C10H13O4PS. The van der Waals surface area contributed by atoms with Crippen LogP contribution in [0.2, 0.25) is 0 Å². The molecule has 3 N–H and O–H groups in total. The van der Waals surface area contributed by atoms with Gasteiger partial charge in [-0.25, -0.2) is 0 Å². The van der Waals surface area contributed by atoms with E-state index >= 15 is 0 Å². The molecule has 0 saturated carbocycles. The fourth-order valence-corrected chi connectivity index (χ4v) is 2.32. The Morgan fingerprint density at radius 1 is 1.31 bits per heavy atom. The molecule has 0 aliphatic heterocycles. The monoisotopic (exact) mass is 260 g/mol. The van der Waals surface area contributed by atoms with Crippen LogP contribution in [0, 0.1) is 0 Å². The summed E-state index contributed by atoms with van der Waals surface area (Å²) in [6.07, 6.45) is 2.00. The van der Waals surface area contributed by atoms with Crippen molar-refractivity contribution < 1.29 is 19.5 Å². The molecule has 1 rings (SSSR count). The van der Waals surface area contributed by atoms with Crippen LogP contribution in [0.5, 0.6) is 5.75 Å². The van der Waals surface area contributed by atoms with E-state index < -0.39 is 7.60 Å². The number of para-hydroxylation sites is 1. The Bertz CT molecular complexity index is 413. The minimum absolute atomic E-state index is 0.228. The van der Waals surface area contributed by atoms with Gasteiger partial charge in [0.15, 0.2) is 0 Å². The third kappa shape index (κ3) is 5.37. The van der Waals surface area contributed by atoms with E-state index in [1.165, 1.54) is 17.8 Å². The fraction of sp³-hybridized carbons (Fsp3) is 0.200. The largest absolute Gasteiger partial charge is 0.507 e. The second kappa shape index (κ2) is 6.11. The number of rotatable bonds is 5. The van der Waals surface area contributed by atoms with Crippen LogP contribution in [0.1, 0.15) is 6.42 Å². The Morgan fingerprint density at radius 2 is 2.00 bits per heavy atom. The number of hydrogen-bond donors (Lipinski definition) is 3. The van der Waals surface area contributed by atoms with Crippen molar-refractivity contribution >= 4 is 19.4 Å². The Morgan fingerprint density at radius 3 is 2.62 bits per heavy atom. The zero-order valence-corrected chi connectivity index (χ0v) is 10.2. The maximum atomic E-state index is 10.5. The van der Waals surface area contributed by atoms with Crippen LogP contribution >= 0.6 is 19.4 Å². The van der Waals surface area contributed by atoms with Crippen LogP contribution in [0.25, 0.3) is 0 Å². The number of aromatic hydroxyl groups is 1. The molecule has 1 aromatic carbocycles. The molecule has 0 atom stereocenters. The van der Waals surface area contributed by atoms with Crippen molar-refractivity contribution in [3.63, 3.8) is 0 Å². The first-order valence-electron chi connectivity index (χ1n) is 4.63. The minimum atomic E-state index is -4.03. The quantitative estimate of drug-likeness (QED) is 0.431. The second-order valence-electron chi connectivity index (χ2n) is 3.08. The molecule has 0 bridgehead atoms. The molecule has 0 radical (unpaired) electrons.